The summed E-state index contributed by atoms with van der Waals surface area (Å²) in [5, 5.41) is 6.97. The van der Waals surface area contributed by atoms with E-state index in [1.807, 2.05) is 67.9 Å². The summed E-state index contributed by atoms with van der Waals surface area (Å²) >= 11 is 0. The Morgan fingerprint density at radius 1 is 1.14 bits per heavy atom. The number of hydrogen-bond acceptors (Lipinski definition) is 8. The molecular weight excluding hydrogens is 535 g/mol. The zero-order valence-corrected chi connectivity index (χ0v) is 23.6. The summed E-state index contributed by atoms with van der Waals surface area (Å²) in [6, 6.07) is 12.8. The number of fused-ring (bicyclic) bond motifs is 2. The fourth-order valence-electron chi connectivity index (χ4n) is 5.08. The summed E-state index contributed by atoms with van der Waals surface area (Å²) < 4.78 is 23.8. The molecule has 2 aromatic carbocycles. The normalized spacial score (nSPS) is 12.3. The Balaban J connectivity index is 1.41. The second-order valence-corrected chi connectivity index (χ2v) is 10.3. The van der Waals surface area contributed by atoms with Crippen molar-refractivity contribution >= 4 is 28.4 Å². The Hall–Kier alpha value is -5.16. The third-order valence-electron chi connectivity index (χ3n) is 7.02. The van der Waals surface area contributed by atoms with E-state index in [-0.39, 0.29) is 24.2 Å². The van der Waals surface area contributed by atoms with Crippen molar-refractivity contribution < 1.29 is 13.9 Å². The number of ether oxygens (including phenoxy) is 1. The van der Waals surface area contributed by atoms with Gasteiger partial charge in [0, 0.05) is 54.9 Å². The maximum absolute atomic E-state index is 16.1. The Bertz CT molecular complexity index is 1850. The number of aromatic nitrogens is 5. The number of nitrogens with zero attached hydrogens (tertiary/aromatic N) is 6. The molecule has 0 bridgehead atoms. The van der Waals surface area contributed by atoms with Crippen LogP contribution in [0.1, 0.15) is 11.3 Å². The summed E-state index contributed by atoms with van der Waals surface area (Å²) in [4.78, 5) is 31.7. The van der Waals surface area contributed by atoms with Crippen LogP contribution in [0.5, 0.6) is 11.8 Å². The number of anilines is 2. The van der Waals surface area contributed by atoms with Crippen LogP contribution in [0.15, 0.2) is 67.1 Å². The lowest BCUT2D eigenvalue weighted by atomic mass is 9.95. The van der Waals surface area contributed by atoms with E-state index >= 15 is 4.39 Å². The molecule has 1 aliphatic heterocycles. The molecular formula is C31H29FN8O2. The fraction of sp³-hybridized carbons (Fsp3) is 0.194. The van der Waals surface area contributed by atoms with Crippen LogP contribution < -0.4 is 15.4 Å². The SMILES string of the molecule is Cc1ccnc(Oc2ccc3c(c2F)CNc2ncnc4c2c-3c(-c2ccc(NC(=O)/C=C/CN(C)C)cc2)n4C)n1. The van der Waals surface area contributed by atoms with Crippen LogP contribution in [0.3, 0.4) is 0 Å². The topological polar surface area (TPSA) is 110 Å². The number of carbonyl (C=O) groups is 1. The van der Waals surface area contributed by atoms with Gasteiger partial charge in [0.15, 0.2) is 11.6 Å². The number of hydrogen-bond donors (Lipinski definition) is 2. The second-order valence-electron chi connectivity index (χ2n) is 10.3. The number of nitrogens with one attached hydrogen (secondary N) is 2. The van der Waals surface area contributed by atoms with Crippen molar-refractivity contribution in [2.75, 3.05) is 31.3 Å². The molecule has 0 radical (unpaired) electrons. The monoisotopic (exact) mass is 564 g/mol. The lowest BCUT2D eigenvalue weighted by molar-refractivity contribution is -0.111. The molecule has 0 fully saturated rings. The number of aryl methyl sites for hydroxylation is 2. The molecule has 0 saturated heterocycles. The molecule has 11 heteroatoms. The predicted molar refractivity (Wildman–Crippen MR) is 160 cm³/mol. The van der Waals surface area contributed by atoms with Crippen LogP contribution in [0.4, 0.5) is 15.9 Å². The van der Waals surface area contributed by atoms with Gasteiger partial charge in [-0.1, -0.05) is 24.3 Å². The van der Waals surface area contributed by atoms with Gasteiger partial charge < -0.3 is 24.8 Å². The third kappa shape index (κ3) is 5.06. The first-order valence-electron chi connectivity index (χ1n) is 13.4. The van der Waals surface area contributed by atoms with Gasteiger partial charge in [0.2, 0.25) is 5.91 Å². The quantitative estimate of drug-likeness (QED) is 0.256. The summed E-state index contributed by atoms with van der Waals surface area (Å²) in [5.74, 6) is -0.0588. The van der Waals surface area contributed by atoms with Crippen molar-refractivity contribution in [3.8, 4) is 34.1 Å². The Labute approximate surface area is 241 Å². The van der Waals surface area contributed by atoms with Crippen LogP contribution in [0.25, 0.3) is 33.4 Å². The molecule has 0 saturated carbocycles. The number of rotatable bonds is 7. The van der Waals surface area contributed by atoms with E-state index in [1.165, 1.54) is 12.4 Å². The van der Waals surface area contributed by atoms with Gasteiger partial charge in [-0.05, 0) is 56.4 Å². The minimum Gasteiger partial charge on any atom is -0.421 e. The van der Waals surface area contributed by atoms with E-state index in [9.17, 15) is 4.79 Å². The first-order chi connectivity index (χ1) is 20.3. The van der Waals surface area contributed by atoms with Crippen LogP contribution in [-0.2, 0) is 18.4 Å². The maximum atomic E-state index is 16.1. The molecule has 0 spiro atoms. The van der Waals surface area contributed by atoms with Crippen LogP contribution >= 0.6 is 0 Å². The van der Waals surface area contributed by atoms with Crippen molar-refractivity contribution in [2.24, 2.45) is 7.05 Å². The molecule has 0 unspecified atom stereocenters. The van der Waals surface area contributed by atoms with E-state index in [1.54, 1.807) is 24.4 Å². The van der Waals surface area contributed by atoms with E-state index in [0.29, 0.717) is 40.5 Å². The van der Waals surface area contributed by atoms with Crippen LogP contribution in [-0.4, -0.2) is 56.0 Å². The Morgan fingerprint density at radius 2 is 1.95 bits per heavy atom. The van der Waals surface area contributed by atoms with Gasteiger partial charge in [-0.2, -0.15) is 0 Å². The molecule has 212 valence electrons. The van der Waals surface area contributed by atoms with E-state index in [2.05, 4.69) is 30.6 Å². The minimum atomic E-state index is -0.505. The number of carbonyl (C=O) groups excluding carboxylic acids is 1. The highest BCUT2D eigenvalue weighted by molar-refractivity contribution is 6.09. The first kappa shape index (κ1) is 27.0. The first-order valence-corrected chi connectivity index (χ1v) is 13.4. The Kier molecular flexibility index (Phi) is 7.09. The number of halogens is 1. The summed E-state index contributed by atoms with van der Waals surface area (Å²) in [6.07, 6.45) is 6.39. The van der Waals surface area contributed by atoms with Gasteiger partial charge in [0.05, 0.1) is 11.1 Å². The molecule has 2 N–H and O–H groups in total. The number of likely N-dealkylation sites (N-methyl/N-ethyl adjacent to an activating group) is 1. The second kappa shape index (κ2) is 11.0. The third-order valence-corrected chi connectivity index (χ3v) is 7.02. The van der Waals surface area contributed by atoms with Crippen LogP contribution in [0, 0.1) is 12.7 Å². The largest absolute Gasteiger partial charge is 0.421 e. The Morgan fingerprint density at radius 3 is 2.71 bits per heavy atom. The average Bonchev–Trinajstić information content (AvgIpc) is 3.15. The maximum Gasteiger partial charge on any atom is 0.322 e. The van der Waals surface area contributed by atoms with Gasteiger partial charge in [-0.3, -0.25) is 4.79 Å². The van der Waals surface area contributed by atoms with Gasteiger partial charge in [-0.25, -0.2) is 24.3 Å². The van der Waals surface area contributed by atoms with Gasteiger partial charge >= 0.3 is 6.01 Å². The molecule has 5 aromatic rings. The predicted octanol–water partition coefficient (Wildman–Crippen LogP) is 5.31. The van der Waals surface area contributed by atoms with E-state index in [0.717, 1.165) is 22.2 Å². The molecule has 0 atom stereocenters. The molecule has 4 heterocycles. The molecule has 42 heavy (non-hydrogen) atoms. The number of benzene rings is 2. The van der Waals surface area contributed by atoms with Crippen molar-refractivity contribution in [1.29, 1.82) is 0 Å². The zero-order valence-electron chi connectivity index (χ0n) is 23.6. The highest BCUT2D eigenvalue weighted by Crippen LogP contribution is 2.46. The van der Waals surface area contributed by atoms with Gasteiger partial charge in [0.1, 0.15) is 17.8 Å². The van der Waals surface area contributed by atoms with E-state index in [4.69, 9.17) is 4.74 Å². The molecule has 0 aliphatic carbocycles. The molecule has 3 aromatic heterocycles. The van der Waals surface area contributed by atoms with Gasteiger partial charge in [0.25, 0.3) is 0 Å². The smallest absolute Gasteiger partial charge is 0.322 e. The van der Waals surface area contributed by atoms with Crippen molar-refractivity contribution in [1.82, 2.24) is 29.4 Å². The minimum absolute atomic E-state index is 0.0339. The fourth-order valence-corrected chi connectivity index (χ4v) is 5.08. The van der Waals surface area contributed by atoms with Gasteiger partial charge in [-0.15, -0.1) is 0 Å². The highest BCUT2D eigenvalue weighted by atomic mass is 19.1. The number of amides is 1. The van der Waals surface area contributed by atoms with Crippen molar-refractivity contribution in [2.45, 2.75) is 13.5 Å². The summed E-state index contributed by atoms with van der Waals surface area (Å²) in [7, 11) is 5.80. The molecule has 10 nitrogen and oxygen atoms in total. The standard InChI is InChI=1S/C31H29FN8O2/c1-18-13-14-33-31(37-18)42-23-12-11-21-22(27(23)32)16-34-29-26-25(21)28(40(4)30(26)36-17-35-29)19-7-9-20(10-8-19)38-24(41)6-5-15-39(2)3/h5-14,17H,15-16H2,1-4H3,(H,38,41)(H,34,35,36)/b6-5+. The lowest BCUT2D eigenvalue weighted by Gasteiger charge is -2.15. The molecule has 6 rings (SSSR count). The molecule has 1 amide bonds. The summed E-state index contributed by atoms with van der Waals surface area (Å²) in [6.45, 7) is 2.69. The van der Waals surface area contributed by atoms with Crippen LogP contribution in [0.2, 0.25) is 0 Å². The molecule has 1 aliphatic rings. The lowest BCUT2D eigenvalue weighted by Crippen LogP contribution is -2.12. The highest BCUT2D eigenvalue weighted by Gasteiger charge is 2.29. The summed E-state index contributed by atoms with van der Waals surface area (Å²) in [5.41, 5.74) is 5.75. The van der Waals surface area contributed by atoms with Crippen molar-refractivity contribution in [3.05, 3.63) is 84.2 Å². The van der Waals surface area contributed by atoms with Crippen molar-refractivity contribution in [3.63, 3.8) is 0 Å². The zero-order chi connectivity index (χ0) is 29.4. The van der Waals surface area contributed by atoms with E-state index < -0.39 is 5.82 Å². The average molecular weight is 565 g/mol.